The summed E-state index contributed by atoms with van der Waals surface area (Å²) in [6, 6.07) is 0. The van der Waals surface area contributed by atoms with Crippen LogP contribution in [0.5, 0.6) is 0 Å². The molecule has 0 radical (unpaired) electrons. The van der Waals surface area contributed by atoms with Crippen molar-refractivity contribution in [2.24, 2.45) is 0 Å². The molecule has 0 aromatic heterocycles. The predicted octanol–water partition coefficient (Wildman–Crippen LogP) is -0.956. The summed E-state index contributed by atoms with van der Waals surface area (Å²) in [6.45, 7) is 1.66. The molecule has 2 N–H and O–H groups in total. The molecule has 2 aliphatic rings. The number of carbonyl (C=O) groups is 2. The van der Waals surface area contributed by atoms with Crippen LogP contribution >= 0.6 is 0 Å². The Balaban J connectivity index is 2.01. The van der Waals surface area contributed by atoms with E-state index in [1.54, 1.807) is 4.90 Å². The molecule has 5 heteroatoms. The summed E-state index contributed by atoms with van der Waals surface area (Å²) in [6.07, 6.45) is 2.68. The van der Waals surface area contributed by atoms with Crippen LogP contribution in [0.1, 0.15) is 19.3 Å². The molecule has 0 bridgehead atoms. The number of nitrogens with one attached hydrogen (secondary N) is 2. The molecule has 5 nitrogen and oxygen atoms in total. The fourth-order valence-electron chi connectivity index (χ4n) is 1.97. The van der Waals surface area contributed by atoms with E-state index >= 15 is 0 Å². The van der Waals surface area contributed by atoms with Crippen molar-refractivity contribution in [3.63, 3.8) is 0 Å². The molecule has 0 aromatic carbocycles. The molecule has 0 aromatic rings. The third kappa shape index (κ3) is 1.87. The Morgan fingerprint density at radius 2 is 2.21 bits per heavy atom. The number of rotatable bonds is 1. The minimum absolute atomic E-state index is 0.0234. The zero-order valence-electron chi connectivity index (χ0n) is 8.08. The molecule has 1 atom stereocenters. The van der Waals surface area contributed by atoms with Gasteiger partial charge in [0, 0.05) is 13.0 Å². The van der Waals surface area contributed by atoms with E-state index in [1.807, 2.05) is 0 Å². The van der Waals surface area contributed by atoms with Crippen LogP contribution in [0.2, 0.25) is 0 Å². The molecule has 0 spiro atoms. The highest BCUT2D eigenvalue weighted by atomic mass is 16.2. The Morgan fingerprint density at radius 3 is 2.93 bits per heavy atom. The smallest absolute Gasteiger partial charge is 0.243 e. The second-order valence-corrected chi connectivity index (χ2v) is 3.73. The molecule has 2 heterocycles. The summed E-state index contributed by atoms with van der Waals surface area (Å²) in [5.41, 5.74) is 0. The van der Waals surface area contributed by atoms with Gasteiger partial charge in [0.15, 0.2) is 0 Å². The lowest BCUT2D eigenvalue weighted by atomic mass is 10.3. The summed E-state index contributed by atoms with van der Waals surface area (Å²) >= 11 is 0. The van der Waals surface area contributed by atoms with Crippen LogP contribution < -0.4 is 10.6 Å². The standard InChI is InChI=1S/C9H15N3O2/c13-8-3-5-12(9(14)6-11-8)7-2-1-4-10-7/h7,10H,1-6H2,(H,11,13). The Kier molecular flexibility index (Phi) is 2.67. The Hall–Kier alpha value is -1.10. The van der Waals surface area contributed by atoms with Crippen LogP contribution in [0.4, 0.5) is 0 Å². The van der Waals surface area contributed by atoms with Crippen LogP contribution in [0.15, 0.2) is 0 Å². The average Bonchev–Trinajstić information content (AvgIpc) is 2.63. The maximum absolute atomic E-state index is 11.6. The van der Waals surface area contributed by atoms with E-state index in [4.69, 9.17) is 0 Å². The highest BCUT2D eigenvalue weighted by Crippen LogP contribution is 2.12. The average molecular weight is 197 g/mol. The minimum atomic E-state index is -0.0288. The van der Waals surface area contributed by atoms with E-state index in [9.17, 15) is 9.59 Å². The lowest BCUT2D eigenvalue weighted by Gasteiger charge is -2.26. The highest BCUT2D eigenvalue weighted by molar-refractivity contribution is 5.87. The van der Waals surface area contributed by atoms with Crippen molar-refractivity contribution in [1.29, 1.82) is 0 Å². The minimum Gasteiger partial charge on any atom is -0.347 e. The third-order valence-electron chi connectivity index (χ3n) is 2.75. The van der Waals surface area contributed by atoms with Crippen LogP contribution in [0, 0.1) is 0 Å². The van der Waals surface area contributed by atoms with Gasteiger partial charge in [0.05, 0.1) is 12.7 Å². The third-order valence-corrected chi connectivity index (χ3v) is 2.75. The molecule has 2 rings (SSSR count). The molecule has 1 unspecified atom stereocenters. The number of hydrogen-bond acceptors (Lipinski definition) is 3. The van der Waals surface area contributed by atoms with E-state index in [0.717, 1.165) is 19.4 Å². The lowest BCUT2D eigenvalue weighted by molar-refractivity contribution is -0.132. The van der Waals surface area contributed by atoms with Gasteiger partial charge < -0.3 is 10.2 Å². The van der Waals surface area contributed by atoms with E-state index in [1.165, 1.54) is 0 Å². The van der Waals surface area contributed by atoms with Gasteiger partial charge in [0.2, 0.25) is 11.8 Å². The van der Waals surface area contributed by atoms with Gasteiger partial charge in [-0.2, -0.15) is 0 Å². The number of amides is 2. The van der Waals surface area contributed by atoms with Gasteiger partial charge in [-0.1, -0.05) is 0 Å². The first-order valence-corrected chi connectivity index (χ1v) is 5.07. The fraction of sp³-hybridized carbons (Fsp3) is 0.778. The first kappa shape index (κ1) is 9.45. The maximum Gasteiger partial charge on any atom is 0.243 e. The van der Waals surface area contributed by atoms with Crippen molar-refractivity contribution in [3.05, 3.63) is 0 Å². The summed E-state index contributed by atoms with van der Waals surface area (Å²) in [5, 5.41) is 5.86. The predicted molar refractivity (Wildman–Crippen MR) is 50.4 cm³/mol. The summed E-state index contributed by atoms with van der Waals surface area (Å²) in [7, 11) is 0. The molecule has 2 aliphatic heterocycles. The summed E-state index contributed by atoms with van der Waals surface area (Å²) < 4.78 is 0. The van der Waals surface area contributed by atoms with Gasteiger partial charge in [0.25, 0.3) is 0 Å². The van der Waals surface area contributed by atoms with Crippen molar-refractivity contribution in [1.82, 2.24) is 15.5 Å². The lowest BCUT2D eigenvalue weighted by Crippen LogP contribution is -2.47. The molecular weight excluding hydrogens is 182 g/mol. The zero-order valence-corrected chi connectivity index (χ0v) is 8.08. The van der Waals surface area contributed by atoms with E-state index in [-0.39, 0.29) is 24.5 Å². The van der Waals surface area contributed by atoms with Crippen LogP contribution in [-0.4, -0.2) is 42.5 Å². The van der Waals surface area contributed by atoms with Gasteiger partial charge >= 0.3 is 0 Å². The SMILES string of the molecule is O=C1CCN(C2CCCN2)C(=O)CN1. The first-order valence-electron chi connectivity index (χ1n) is 5.07. The second kappa shape index (κ2) is 3.96. The molecule has 2 fully saturated rings. The normalized spacial score (nSPS) is 28.9. The van der Waals surface area contributed by atoms with Gasteiger partial charge in [-0.25, -0.2) is 0 Å². The quantitative estimate of drug-likeness (QED) is 0.569. The van der Waals surface area contributed by atoms with E-state index < -0.39 is 0 Å². The molecule has 2 amide bonds. The Morgan fingerprint density at radius 1 is 1.36 bits per heavy atom. The van der Waals surface area contributed by atoms with Gasteiger partial charge in [-0.3, -0.25) is 14.9 Å². The van der Waals surface area contributed by atoms with Crippen molar-refractivity contribution in [2.75, 3.05) is 19.6 Å². The van der Waals surface area contributed by atoms with E-state index in [0.29, 0.717) is 13.0 Å². The molecule has 0 saturated carbocycles. The van der Waals surface area contributed by atoms with Crippen molar-refractivity contribution >= 4 is 11.8 Å². The molecule has 2 saturated heterocycles. The monoisotopic (exact) mass is 197 g/mol. The first-order chi connectivity index (χ1) is 6.77. The topological polar surface area (TPSA) is 61.4 Å². The maximum atomic E-state index is 11.6. The van der Waals surface area contributed by atoms with Crippen molar-refractivity contribution in [2.45, 2.75) is 25.4 Å². The summed E-state index contributed by atoms with van der Waals surface area (Å²) in [4.78, 5) is 24.5. The van der Waals surface area contributed by atoms with Gasteiger partial charge in [-0.15, -0.1) is 0 Å². The van der Waals surface area contributed by atoms with Crippen molar-refractivity contribution < 1.29 is 9.59 Å². The number of hydrogen-bond donors (Lipinski definition) is 2. The zero-order chi connectivity index (χ0) is 9.97. The molecule has 78 valence electrons. The Labute approximate surface area is 82.8 Å². The molecule has 14 heavy (non-hydrogen) atoms. The van der Waals surface area contributed by atoms with Gasteiger partial charge in [0.1, 0.15) is 0 Å². The number of nitrogens with zero attached hydrogens (tertiary/aromatic N) is 1. The second-order valence-electron chi connectivity index (χ2n) is 3.73. The highest BCUT2D eigenvalue weighted by Gasteiger charge is 2.28. The number of carbonyl (C=O) groups excluding carboxylic acids is 2. The van der Waals surface area contributed by atoms with Crippen molar-refractivity contribution in [3.8, 4) is 0 Å². The van der Waals surface area contributed by atoms with Gasteiger partial charge in [-0.05, 0) is 19.4 Å². The Bertz CT molecular complexity index is 248. The molecular formula is C9H15N3O2. The molecule has 0 aliphatic carbocycles. The van der Waals surface area contributed by atoms with Crippen LogP contribution in [0.3, 0.4) is 0 Å². The van der Waals surface area contributed by atoms with E-state index in [2.05, 4.69) is 10.6 Å². The van der Waals surface area contributed by atoms with Crippen LogP contribution in [-0.2, 0) is 9.59 Å². The fourth-order valence-corrected chi connectivity index (χ4v) is 1.97. The van der Waals surface area contributed by atoms with Crippen LogP contribution in [0.25, 0.3) is 0 Å². The largest absolute Gasteiger partial charge is 0.347 e. The summed E-state index contributed by atoms with van der Waals surface area (Å²) in [5.74, 6) is -0.00547.